The Balaban J connectivity index is 1.59. The molecule has 1 N–H and O–H groups in total. The zero-order valence-electron chi connectivity index (χ0n) is 14.5. The fourth-order valence-corrected chi connectivity index (χ4v) is 3.95. The van der Waals surface area contributed by atoms with E-state index in [0.717, 1.165) is 37.2 Å². The van der Waals surface area contributed by atoms with Crippen LogP contribution in [0.4, 0.5) is 5.13 Å². The fraction of sp³-hybridized carbons (Fsp3) is 0.824. The quantitative estimate of drug-likeness (QED) is 0.707. The molecule has 0 spiro atoms. The second-order valence-corrected chi connectivity index (χ2v) is 7.43. The molecular weight excluding hydrogens is 292 g/mol. The van der Waals surface area contributed by atoms with E-state index < -0.39 is 0 Å². The number of hydrogen-bond donors (Lipinski definition) is 1. The Morgan fingerprint density at radius 3 is 2.73 bits per heavy atom. The molecule has 0 radical (unpaired) electrons. The van der Waals surface area contributed by atoms with Crippen LogP contribution in [0.15, 0.2) is 6.20 Å². The first-order valence-corrected chi connectivity index (χ1v) is 9.67. The minimum atomic E-state index is 0.931. The second-order valence-electron chi connectivity index (χ2n) is 6.34. The molecule has 1 aliphatic heterocycles. The summed E-state index contributed by atoms with van der Waals surface area (Å²) in [4.78, 5) is 10.8. The van der Waals surface area contributed by atoms with Gasteiger partial charge in [-0.2, -0.15) is 0 Å². The number of hydrogen-bond acceptors (Lipinski definition) is 5. The van der Waals surface area contributed by atoms with Crippen molar-refractivity contribution in [3.63, 3.8) is 0 Å². The summed E-state index contributed by atoms with van der Waals surface area (Å²) in [7, 11) is 0. The Labute approximate surface area is 139 Å². The Kier molecular flexibility index (Phi) is 7.63. The zero-order valence-corrected chi connectivity index (χ0v) is 15.3. The predicted molar refractivity (Wildman–Crippen MR) is 96.8 cm³/mol. The van der Waals surface area contributed by atoms with Crippen molar-refractivity contribution in [1.82, 2.24) is 15.2 Å². The lowest BCUT2D eigenvalue weighted by molar-refractivity contribution is 0.190. The molecule has 0 amide bonds. The van der Waals surface area contributed by atoms with Gasteiger partial charge in [-0.25, -0.2) is 4.98 Å². The maximum absolute atomic E-state index is 4.53. The third-order valence-electron chi connectivity index (χ3n) is 4.58. The smallest absolute Gasteiger partial charge is 0.185 e. The maximum Gasteiger partial charge on any atom is 0.185 e. The largest absolute Gasteiger partial charge is 0.349 e. The number of rotatable bonds is 9. The van der Waals surface area contributed by atoms with Gasteiger partial charge in [0.05, 0.1) is 0 Å². The standard InChI is InChI=1S/C17H32N4S/c1-4-21(5-2)17-19-14-16(22-17)13-18-9-6-10-20-11-7-15(3)8-12-20/h14-15,18H,4-13H2,1-3H3. The van der Waals surface area contributed by atoms with E-state index in [0.29, 0.717) is 0 Å². The monoisotopic (exact) mass is 324 g/mol. The average molecular weight is 325 g/mol. The second kappa shape index (κ2) is 9.48. The van der Waals surface area contributed by atoms with E-state index in [2.05, 4.69) is 40.9 Å². The van der Waals surface area contributed by atoms with Crippen molar-refractivity contribution in [2.45, 2.75) is 46.6 Å². The summed E-state index contributed by atoms with van der Waals surface area (Å²) in [6.45, 7) is 14.7. The van der Waals surface area contributed by atoms with Crippen LogP contribution in [-0.2, 0) is 6.54 Å². The van der Waals surface area contributed by atoms with Crippen molar-refractivity contribution in [2.24, 2.45) is 5.92 Å². The Bertz CT molecular complexity index is 409. The summed E-state index contributed by atoms with van der Waals surface area (Å²) in [5, 5.41) is 4.72. The van der Waals surface area contributed by atoms with Crippen LogP contribution in [0.25, 0.3) is 0 Å². The van der Waals surface area contributed by atoms with Crippen molar-refractivity contribution >= 4 is 16.5 Å². The summed E-state index contributed by atoms with van der Waals surface area (Å²) in [6, 6.07) is 0. The van der Waals surface area contributed by atoms with Gasteiger partial charge in [0.2, 0.25) is 0 Å². The predicted octanol–water partition coefficient (Wildman–Crippen LogP) is 3.20. The van der Waals surface area contributed by atoms with Crippen LogP contribution < -0.4 is 10.2 Å². The lowest BCUT2D eigenvalue weighted by Gasteiger charge is -2.30. The molecule has 0 aromatic carbocycles. The van der Waals surface area contributed by atoms with Crippen LogP contribution in [0.5, 0.6) is 0 Å². The number of nitrogens with zero attached hydrogens (tertiary/aromatic N) is 3. The van der Waals surface area contributed by atoms with Crippen molar-refractivity contribution in [1.29, 1.82) is 0 Å². The molecule has 22 heavy (non-hydrogen) atoms. The van der Waals surface area contributed by atoms with Crippen LogP contribution in [-0.4, -0.2) is 49.2 Å². The highest BCUT2D eigenvalue weighted by Crippen LogP contribution is 2.22. The van der Waals surface area contributed by atoms with Gasteiger partial charge in [0, 0.05) is 30.7 Å². The number of thiazole rings is 1. The highest BCUT2D eigenvalue weighted by atomic mass is 32.1. The first-order chi connectivity index (χ1) is 10.7. The molecule has 1 aromatic heterocycles. The van der Waals surface area contributed by atoms with E-state index in [1.165, 1.54) is 43.8 Å². The molecule has 126 valence electrons. The van der Waals surface area contributed by atoms with Crippen LogP contribution in [0.3, 0.4) is 0 Å². The van der Waals surface area contributed by atoms with E-state index in [9.17, 15) is 0 Å². The SMILES string of the molecule is CCN(CC)c1ncc(CNCCCN2CCC(C)CC2)s1. The molecule has 4 nitrogen and oxygen atoms in total. The summed E-state index contributed by atoms with van der Waals surface area (Å²) in [5.74, 6) is 0.931. The fourth-order valence-electron chi connectivity index (χ4n) is 2.94. The van der Waals surface area contributed by atoms with Gasteiger partial charge >= 0.3 is 0 Å². The average Bonchev–Trinajstić information content (AvgIpc) is 2.99. The highest BCUT2D eigenvalue weighted by Gasteiger charge is 2.14. The molecular formula is C17H32N4S. The number of anilines is 1. The van der Waals surface area contributed by atoms with E-state index in [-0.39, 0.29) is 0 Å². The third-order valence-corrected chi connectivity index (χ3v) is 5.64. The van der Waals surface area contributed by atoms with Gasteiger partial charge in [-0.05, 0) is 65.2 Å². The molecule has 0 atom stereocenters. The van der Waals surface area contributed by atoms with E-state index in [1.54, 1.807) is 0 Å². The minimum absolute atomic E-state index is 0.931. The molecule has 1 aliphatic rings. The number of aromatic nitrogens is 1. The van der Waals surface area contributed by atoms with E-state index in [4.69, 9.17) is 0 Å². The molecule has 0 bridgehead atoms. The van der Waals surface area contributed by atoms with Gasteiger partial charge in [0.25, 0.3) is 0 Å². The molecule has 5 heteroatoms. The number of nitrogens with one attached hydrogen (secondary N) is 1. The van der Waals surface area contributed by atoms with E-state index >= 15 is 0 Å². The van der Waals surface area contributed by atoms with Crippen LogP contribution in [0, 0.1) is 5.92 Å². The number of likely N-dealkylation sites (tertiary alicyclic amines) is 1. The Morgan fingerprint density at radius 1 is 1.32 bits per heavy atom. The topological polar surface area (TPSA) is 31.4 Å². The van der Waals surface area contributed by atoms with Crippen molar-refractivity contribution in [3.05, 3.63) is 11.1 Å². The first kappa shape index (κ1) is 17.7. The lowest BCUT2D eigenvalue weighted by atomic mass is 9.99. The van der Waals surface area contributed by atoms with Gasteiger partial charge in [-0.15, -0.1) is 11.3 Å². The molecule has 1 saturated heterocycles. The Hall–Kier alpha value is -0.650. The van der Waals surface area contributed by atoms with Crippen LogP contribution >= 0.6 is 11.3 Å². The van der Waals surface area contributed by atoms with Crippen molar-refractivity contribution < 1.29 is 0 Å². The molecule has 0 unspecified atom stereocenters. The number of piperidine rings is 1. The summed E-state index contributed by atoms with van der Waals surface area (Å²) >= 11 is 1.82. The van der Waals surface area contributed by atoms with Gasteiger partial charge in [0.1, 0.15) is 0 Å². The molecule has 1 fully saturated rings. The Morgan fingerprint density at radius 2 is 2.05 bits per heavy atom. The van der Waals surface area contributed by atoms with Gasteiger partial charge in [-0.3, -0.25) is 0 Å². The van der Waals surface area contributed by atoms with E-state index in [1.807, 2.05) is 17.5 Å². The zero-order chi connectivity index (χ0) is 15.8. The maximum atomic E-state index is 4.53. The minimum Gasteiger partial charge on any atom is -0.349 e. The molecule has 0 saturated carbocycles. The van der Waals surface area contributed by atoms with Crippen molar-refractivity contribution in [2.75, 3.05) is 44.2 Å². The third kappa shape index (κ3) is 5.52. The van der Waals surface area contributed by atoms with Gasteiger partial charge in [0.15, 0.2) is 5.13 Å². The first-order valence-electron chi connectivity index (χ1n) is 8.85. The van der Waals surface area contributed by atoms with Crippen LogP contribution in [0.1, 0.15) is 44.9 Å². The highest BCUT2D eigenvalue weighted by molar-refractivity contribution is 7.15. The molecule has 0 aliphatic carbocycles. The van der Waals surface area contributed by atoms with Crippen LogP contribution in [0.2, 0.25) is 0 Å². The molecule has 1 aromatic rings. The van der Waals surface area contributed by atoms with Gasteiger partial charge < -0.3 is 15.1 Å². The summed E-state index contributed by atoms with van der Waals surface area (Å²) < 4.78 is 0. The summed E-state index contributed by atoms with van der Waals surface area (Å²) in [5.41, 5.74) is 0. The molecule has 2 rings (SSSR count). The lowest BCUT2D eigenvalue weighted by Crippen LogP contribution is -2.34. The normalized spacial score (nSPS) is 17.0. The molecule has 2 heterocycles. The van der Waals surface area contributed by atoms with Crippen molar-refractivity contribution in [3.8, 4) is 0 Å². The summed E-state index contributed by atoms with van der Waals surface area (Å²) in [6.07, 6.45) is 6.03. The van der Waals surface area contributed by atoms with Gasteiger partial charge in [-0.1, -0.05) is 6.92 Å².